The molecule has 0 aromatic heterocycles. The van der Waals surface area contributed by atoms with E-state index in [1.165, 1.54) is 6.42 Å². The van der Waals surface area contributed by atoms with E-state index in [9.17, 15) is 0 Å². The maximum absolute atomic E-state index is 4.51. The first-order valence-corrected chi connectivity index (χ1v) is 4.33. The highest BCUT2D eigenvalue weighted by Gasteiger charge is 2.13. The van der Waals surface area contributed by atoms with E-state index in [-0.39, 0.29) is 5.41 Å². The fraction of sp³-hybridized carbons (Fsp3) is 0.889. The van der Waals surface area contributed by atoms with Gasteiger partial charge in [0, 0.05) is 12.8 Å². The third-order valence-corrected chi connectivity index (χ3v) is 1.71. The maximum Gasteiger partial charge on any atom is 0.0632 e. The van der Waals surface area contributed by atoms with Crippen molar-refractivity contribution in [2.45, 2.75) is 33.2 Å². The summed E-state index contributed by atoms with van der Waals surface area (Å²) in [5, 5.41) is 3.29. The van der Waals surface area contributed by atoms with Crippen molar-refractivity contribution in [1.29, 1.82) is 0 Å². The third kappa shape index (κ3) is 3.51. The largest absolute Gasteiger partial charge is 0.315 e. The summed E-state index contributed by atoms with van der Waals surface area (Å²) in [7, 11) is 0. The first-order valence-electron chi connectivity index (χ1n) is 4.33. The van der Waals surface area contributed by atoms with E-state index < -0.39 is 0 Å². The van der Waals surface area contributed by atoms with Crippen LogP contribution in [0.25, 0.3) is 0 Å². The molecular formula is C9H18N2. The molecule has 0 bridgehead atoms. The van der Waals surface area contributed by atoms with Gasteiger partial charge in [-0.05, 0) is 18.4 Å². The molecule has 1 fully saturated rings. The number of aliphatic imine (C=N–C) groups is 1. The third-order valence-electron chi connectivity index (χ3n) is 1.71. The summed E-state index contributed by atoms with van der Waals surface area (Å²) in [5.74, 6) is 0. The van der Waals surface area contributed by atoms with Crippen LogP contribution in [0.1, 0.15) is 27.2 Å². The van der Waals surface area contributed by atoms with Crippen LogP contribution >= 0.6 is 0 Å². The van der Waals surface area contributed by atoms with E-state index in [1.807, 2.05) is 0 Å². The second-order valence-electron chi connectivity index (χ2n) is 4.29. The van der Waals surface area contributed by atoms with Gasteiger partial charge in [0.1, 0.15) is 0 Å². The first-order chi connectivity index (χ1) is 5.08. The standard InChI is InChI=1S/C9H18N2/c1-9(2,3)7-11-8-4-5-10-6-8/h7-8,10H,4-6H2,1-3H3. The van der Waals surface area contributed by atoms with Crippen LogP contribution in [-0.2, 0) is 0 Å². The number of nitrogens with one attached hydrogen (secondary N) is 1. The Morgan fingerprint density at radius 1 is 1.45 bits per heavy atom. The molecule has 1 aliphatic heterocycles. The lowest BCUT2D eigenvalue weighted by molar-refractivity contribution is 0.596. The van der Waals surface area contributed by atoms with E-state index in [0.717, 1.165) is 13.1 Å². The smallest absolute Gasteiger partial charge is 0.0632 e. The van der Waals surface area contributed by atoms with E-state index in [4.69, 9.17) is 0 Å². The van der Waals surface area contributed by atoms with Gasteiger partial charge >= 0.3 is 0 Å². The molecule has 0 aromatic carbocycles. The Balaban J connectivity index is 2.34. The average Bonchev–Trinajstić information content (AvgIpc) is 2.32. The van der Waals surface area contributed by atoms with Gasteiger partial charge in [-0.25, -0.2) is 0 Å². The molecule has 0 aromatic rings. The molecule has 1 rings (SSSR count). The molecule has 0 spiro atoms. The fourth-order valence-electron chi connectivity index (χ4n) is 1.10. The van der Waals surface area contributed by atoms with Gasteiger partial charge in [0.2, 0.25) is 0 Å². The number of hydrogen-bond donors (Lipinski definition) is 1. The van der Waals surface area contributed by atoms with Crippen LogP contribution in [-0.4, -0.2) is 25.3 Å². The van der Waals surface area contributed by atoms with Crippen molar-refractivity contribution in [3.8, 4) is 0 Å². The van der Waals surface area contributed by atoms with Crippen molar-refractivity contribution < 1.29 is 0 Å². The number of nitrogens with zero attached hydrogens (tertiary/aromatic N) is 1. The molecule has 1 atom stereocenters. The zero-order chi connectivity index (χ0) is 8.32. The minimum atomic E-state index is 0.239. The highest BCUT2D eigenvalue weighted by molar-refractivity contribution is 5.64. The molecule has 11 heavy (non-hydrogen) atoms. The zero-order valence-corrected chi connectivity index (χ0v) is 7.72. The first kappa shape index (κ1) is 8.72. The van der Waals surface area contributed by atoms with Gasteiger partial charge in [-0.3, -0.25) is 4.99 Å². The monoisotopic (exact) mass is 154 g/mol. The fourth-order valence-corrected chi connectivity index (χ4v) is 1.10. The van der Waals surface area contributed by atoms with Gasteiger partial charge in [0.05, 0.1) is 6.04 Å². The highest BCUT2D eigenvalue weighted by atomic mass is 15.0. The molecule has 1 heterocycles. The molecule has 1 saturated heterocycles. The van der Waals surface area contributed by atoms with E-state index in [2.05, 4.69) is 37.3 Å². The van der Waals surface area contributed by atoms with Crippen molar-refractivity contribution in [2.24, 2.45) is 10.4 Å². The van der Waals surface area contributed by atoms with Gasteiger partial charge in [0.15, 0.2) is 0 Å². The molecule has 0 aliphatic carbocycles. The molecular weight excluding hydrogens is 136 g/mol. The summed E-state index contributed by atoms with van der Waals surface area (Å²) in [5.41, 5.74) is 0.239. The van der Waals surface area contributed by atoms with Crippen LogP contribution in [0, 0.1) is 5.41 Å². The molecule has 1 aliphatic rings. The quantitative estimate of drug-likeness (QED) is 0.568. The maximum atomic E-state index is 4.51. The lowest BCUT2D eigenvalue weighted by Gasteiger charge is -2.11. The Morgan fingerprint density at radius 3 is 2.64 bits per heavy atom. The second kappa shape index (κ2) is 3.35. The summed E-state index contributed by atoms with van der Waals surface area (Å²) in [6.45, 7) is 8.73. The van der Waals surface area contributed by atoms with Gasteiger partial charge in [-0.1, -0.05) is 20.8 Å². The van der Waals surface area contributed by atoms with Crippen molar-refractivity contribution in [1.82, 2.24) is 5.32 Å². The van der Waals surface area contributed by atoms with Gasteiger partial charge < -0.3 is 5.32 Å². The number of rotatable bonds is 1. The topological polar surface area (TPSA) is 24.4 Å². The molecule has 0 saturated carbocycles. The Kier molecular flexibility index (Phi) is 2.66. The summed E-state index contributed by atoms with van der Waals surface area (Å²) in [6, 6.07) is 0.536. The Morgan fingerprint density at radius 2 is 2.18 bits per heavy atom. The van der Waals surface area contributed by atoms with E-state index >= 15 is 0 Å². The normalized spacial score (nSPS) is 26.6. The zero-order valence-electron chi connectivity index (χ0n) is 7.72. The molecule has 0 amide bonds. The predicted molar refractivity (Wildman–Crippen MR) is 49.2 cm³/mol. The van der Waals surface area contributed by atoms with Gasteiger partial charge in [-0.2, -0.15) is 0 Å². The molecule has 1 N–H and O–H groups in total. The van der Waals surface area contributed by atoms with Crippen molar-refractivity contribution in [2.75, 3.05) is 13.1 Å². The minimum absolute atomic E-state index is 0.239. The van der Waals surface area contributed by atoms with Gasteiger partial charge in [-0.15, -0.1) is 0 Å². The summed E-state index contributed by atoms with van der Waals surface area (Å²) in [6.07, 6.45) is 3.28. The Hall–Kier alpha value is -0.370. The van der Waals surface area contributed by atoms with E-state index in [1.54, 1.807) is 0 Å². The molecule has 2 heteroatoms. The Labute approximate surface area is 69.1 Å². The van der Waals surface area contributed by atoms with E-state index in [0.29, 0.717) is 6.04 Å². The Bertz CT molecular complexity index is 138. The van der Waals surface area contributed by atoms with Gasteiger partial charge in [0.25, 0.3) is 0 Å². The van der Waals surface area contributed by atoms with Crippen LogP contribution in [0.3, 0.4) is 0 Å². The lowest BCUT2D eigenvalue weighted by atomic mass is 9.99. The van der Waals surface area contributed by atoms with Crippen molar-refractivity contribution in [3.05, 3.63) is 0 Å². The molecule has 0 radical (unpaired) electrons. The molecule has 2 nitrogen and oxygen atoms in total. The molecule has 1 unspecified atom stereocenters. The highest BCUT2D eigenvalue weighted by Crippen LogP contribution is 2.10. The van der Waals surface area contributed by atoms with Crippen molar-refractivity contribution >= 4 is 6.21 Å². The predicted octanol–water partition coefficient (Wildman–Crippen LogP) is 1.47. The van der Waals surface area contributed by atoms with Crippen LogP contribution in [0.4, 0.5) is 0 Å². The summed E-state index contributed by atoms with van der Waals surface area (Å²) >= 11 is 0. The minimum Gasteiger partial charge on any atom is -0.315 e. The summed E-state index contributed by atoms with van der Waals surface area (Å²) < 4.78 is 0. The van der Waals surface area contributed by atoms with Crippen LogP contribution in [0.5, 0.6) is 0 Å². The van der Waals surface area contributed by atoms with Crippen LogP contribution < -0.4 is 5.32 Å². The second-order valence-corrected chi connectivity index (χ2v) is 4.29. The molecule has 64 valence electrons. The average molecular weight is 154 g/mol. The lowest BCUT2D eigenvalue weighted by Crippen LogP contribution is -2.14. The SMILES string of the molecule is CC(C)(C)C=NC1CCNC1. The summed E-state index contributed by atoms with van der Waals surface area (Å²) in [4.78, 5) is 4.51. The number of hydrogen-bond acceptors (Lipinski definition) is 2. The van der Waals surface area contributed by atoms with Crippen LogP contribution in [0.2, 0.25) is 0 Å². The van der Waals surface area contributed by atoms with Crippen LogP contribution in [0.15, 0.2) is 4.99 Å². The van der Waals surface area contributed by atoms with Crippen molar-refractivity contribution in [3.63, 3.8) is 0 Å².